The molecule has 3 aromatic heterocycles. The molecule has 0 fully saturated rings. The van der Waals surface area contributed by atoms with E-state index in [0.717, 1.165) is 10.9 Å². The van der Waals surface area contributed by atoms with E-state index >= 15 is 0 Å². The fraction of sp³-hybridized carbons (Fsp3) is 0.0625. The standard InChI is InChI=1S/C16H10ClN3O3S/c17-13-10-3-1-2-4-11(10)19-14(13)15(22)23-8-9-7-12(21)20-5-6-24-16(20)18-9/h1-7,19H,8H2. The average Bonchev–Trinajstić information content (AvgIpc) is 3.18. The number of aromatic amines is 1. The van der Waals surface area contributed by atoms with Gasteiger partial charge in [0, 0.05) is 28.5 Å². The number of nitrogens with zero attached hydrogens (tertiary/aromatic N) is 2. The van der Waals surface area contributed by atoms with Crippen LogP contribution < -0.4 is 5.56 Å². The maximum atomic E-state index is 12.3. The summed E-state index contributed by atoms with van der Waals surface area (Å²) in [5, 5.41) is 2.84. The maximum Gasteiger partial charge on any atom is 0.356 e. The second kappa shape index (κ2) is 5.77. The van der Waals surface area contributed by atoms with Gasteiger partial charge < -0.3 is 9.72 Å². The van der Waals surface area contributed by atoms with E-state index in [1.165, 1.54) is 21.8 Å². The molecule has 0 unspecified atom stereocenters. The Balaban J connectivity index is 1.59. The van der Waals surface area contributed by atoms with Crippen molar-refractivity contribution >= 4 is 44.8 Å². The average molecular weight is 360 g/mol. The molecule has 0 radical (unpaired) electrons. The Labute approximate surface area is 144 Å². The fourth-order valence-corrected chi connectivity index (χ4v) is 3.45. The van der Waals surface area contributed by atoms with E-state index in [1.807, 2.05) is 24.3 Å². The smallest absolute Gasteiger partial charge is 0.356 e. The predicted molar refractivity (Wildman–Crippen MR) is 91.8 cm³/mol. The molecular weight excluding hydrogens is 350 g/mol. The van der Waals surface area contributed by atoms with Crippen molar-refractivity contribution in [3.63, 3.8) is 0 Å². The number of ether oxygens (including phenoxy) is 1. The van der Waals surface area contributed by atoms with Crippen LogP contribution in [0.5, 0.6) is 0 Å². The number of para-hydroxylation sites is 1. The van der Waals surface area contributed by atoms with E-state index in [9.17, 15) is 9.59 Å². The number of thiazole rings is 1. The number of H-pyrrole nitrogens is 1. The lowest BCUT2D eigenvalue weighted by Crippen LogP contribution is -2.15. The number of esters is 1. The number of carbonyl (C=O) groups is 1. The van der Waals surface area contributed by atoms with Gasteiger partial charge >= 0.3 is 5.97 Å². The monoisotopic (exact) mass is 359 g/mol. The molecule has 1 aromatic carbocycles. The second-order valence-corrected chi connectivity index (χ2v) is 6.33. The zero-order valence-electron chi connectivity index (χ0n) is 12.2. The number of carbonyl (C=O) groups excluding carboxylic acids is 1. The third kappa shape index (κ3) is 2.47. The summed E-state index contributed by atoms with van der Waals surface area (Å²) in [6.45, 7) is -0.103. The number of benzene rings is 1. The van der Waals surface area contributed by atoms with Gasteiger partial charge in [-0.15, -0.1) is 11.3 Å². The summed E-state index contributed by atoms with van der Waals surface area (Å²) < 4.78 is 6.68. The van der Waals surface area contributed by atoms with Gasteiger partial charge in [0.05, 0.1) is 10.7 Å². The predicted octanol–water partition coefficient (Wildman–Crippen LogP) is 3.25. The Kier molecular flexibility index (Phi) is 3.59. The van der Waals surface area contributed by atoms with Crippen LogP contribution in [0, 0.1) is 0 Å². The van der Waals surface area contributed by atoms with Crippen molar-refractivity contribution in [1.29, 1.82) is 0 Å². The van der Waals surface area contributed by atoms with Crippen LogP contribution in [0.25, 0.3) is 15.9 Å². The molecule has 0 saturated heterocycles. The third-order valence-corrected chi connectivity index (χ3v) is 4.70. The molecule has 8 heteroatoms. The second-order valence-electron chi connectivity index (χ2n) is 5.08. The summed E-state index contributed by atoms with van der Waals surface area (Å²) in [5.41, 5.74) is 1.12. The van der Waals surface area contributed by atoms with Gasteiger partial charge in [0.2, 0.25) is 0 Å². The van der Waals surface area contributed by atoms with Crippen molar-refractivity contribution in [2.75, 3.05) is 0 Å². The molecule has 6 nitrogen and oxygen atoms in total. The van der Waals surface area contributed by atoms with Crippen molar-refractivity contribution in [2.24, 2.45) is 0 Å². The number of fused-ring (bicyclic) bond motifs is 2. The number of halogens is 1. The molecule has 24 heavy (non-hydrogen) atoms. The Morgan fingerprint density at radius 3 is 3.04 bits per heavy atom. The Bertz CT molecular complexity index is 1130. The van der Waals surface area contributed by atoms with E-state index in [-0.39, 0.29) is 17.9 Å². The number of nitrogens with one attached hydrogen (secondary N) is 1. The molecule has 1 N–H and O–H groups in total. The molecule has 0 aliphatic heterocycles. The van der Waals surface area contributed by atoms with Crippen molar-refractivity contribution < 1.29 is 9.53 Å². The van der Waals surface area contributed by atoms with Gasteiger partial charge in [-0.2, -0.15) is 0 Å². The first-order chi connectivity index (χ1) is 11.6. The van der Waals surface area contributed by atoms with Crippen LogP contribution >= 0.6 is 22.9 Å². The lowest BCUT2D eigenvalue weighted by molar-refractivity contribution is 0.0462. The normalized spacial score (nSPS) is 11.2. The molecule has 0 amide bonds. The zero-order chi connectivity index (χ0) is 16.7. The highest BCUT2D eigenvalue weighted by Crippen LogP contribution is 2.27. The highest BCUT2D eigenvalue weighted by molar-refractivity contribution is 7.15. The summed E-state index contributed by atoms with van der Waals surface area (Å²) in [6, 6.07) is 8.67. The largest absolute Gasteiger partial charge is 0.454 e. The van der Waals surface area contributed by atoms with Crippen LogP contribution in [0.4, 0.5) is 0 Å². The van der Waals surface area contributed by atoms with Crippen molar-refractivity contribution in [2.45, 2.75) is 6.61 Å². The Morgan fingerprint density at radius 2 is 2.21 bits per heavy atom. The molecule has 0 spiro atoms. The van der Waals surface area contributed by atoms with E-state index < -0.39 is 5.97 Å². The van der Waals surface area contributed by atoms with Crippen LogP contribution in [0.1, 0.15) is 16.2 Å². The summed E-state index contributed by atoms with van der Waals surface area (Å²) in [7, 11) is 0. The highest BCUT2D eigenvalue weighted by Gasteiger charge is 2.18. The molecule has 3 heterocycles. The quantitative estimate of drug-likeness (QED) is 0.570. The van der Waals surface area contributed by atoms with Gasteiger partial charge in [-0.3, -0.25) is 9.20 Å². The SMILES string of the molecule is O=C(OCc1cc(=O)n2ccsc2n1)c1[nH]c2ccccc2c1Cl. The first kappa shape index (κ1) is 14.9. The summed E-state index contributed by atoms with van der Waals surface area (Å²) in [5.74, 6) is -0.593. The van der Waals surface area contributed by atoms with E-state index in [0.29, 0.717) is 15.7 Å². The lowest BCUT2D eigenvalue weighted by atomic mass is 10.2. The van der Waals surface area contributed by atoms with Crippen molar-refractivity contribution in [3.05, 3.63) is 68.7 Å². The lowest BCUT2D eigenvalue weighted by Gasteiger charge is -2.03. The van der Waals surface area contributed by atoms with Gasteiger partial charge in [0.25, 0.3) is 5.56 Å². The number of hydrogen-bond donors (Lipinski definition) is 1. The molecule has 0 bridgehead atoms. The van der Waals surface area contributed by atoms with Gasteiger partial charge in [0.1, 0.15) is 12.3 Å². The van der Waals surface area contributed by atoms with E-state index in [1.54, 1.807) is 11.6 Å². The first-order valence-electron chi connectivity index (χ1n) is 7.02. The van der Waals surface area contributed by atoms with Gasteiger partial charge in [-0.05, 0) is 6.07 Å². The molecule has 120 valence electrons. The Morgan fingerprint density at radius 1 is 1.38 bits per heavy atom. The van der Waals surface area contributed by atoms with Crippen molar-refractivity contribution in [1.82, 2.24) is 14.4 Å². The zero-order valence-corrected chi connectivity index (χ0v) is 13.7. The van der Waals surface area contributed by atoms with Gasteiger partial charge in [0.15, 0.2) is 4.96 Å². The highest BCUT2D eigenvalue weighted by atomic mass is 35.5. The molecule has 0 atom stereocenters. The van der Waals surface area contributed by atoms with Crippen molar-refractivity contribution in [3.8, 4) is 0 Å². The minimum Gasteiger partial charge on any atom is -0.454 e. The van der Waals surface area contributed by atoms with Gasteiger partial charge in [-0.1, -0.05) is 29.8 Å². The molecular formula is C16H10ClN3O3S. The molecule has 4 rings (SSSR count). The number of aromatic nitrogens is 3. The Hall–Kier alpha value is -2.64. The summed E-state index contributed by atoms with van der Waals surface area (Å²) in [4.78, 5) is 32.0. The molecule has 0 aliphatic carbocycles. The molecule has 0 saturated carbocycles. The van der Waals surface area contributed by atoms with E-state index in [2.05, 4.69) is 9.97 Å². The summed E-state index contributed by atoms with van der Waals surface area (Å²) >= 11 is 7.56. The summed E-state index contributed by atoms with van der Waals surface area (Å²) in [6.07, 6.45) is 1.65. The topological polar surface area (TPSA) is 76.5 Å². The van der Waals surface area contributed by atoms with Crippen LogP contribution in [0.3, 0.4) is 0 Å². The molecule has 0 aliphatic rings. The van der Waals surface area contributed by atoms with Gasteiger partial charge in [-0.25, -0.2) is 9.78 Å². The fourth-order valence-electron chi connectivity index (χ4n) is 2.42. The minimum atomic E-state index is -0.593. The maximum absolute atomic E-state index is 12.3. The number of rotatable bonds is 3. The van der Waals surface area contributed by atoms with Crippen LogP contribution in [-0.2, 0) is 11.3 Å². The number of hydrogen-bond acceptors (Lipinski definition) is 5. The minimum absolute atomic E-state index is 0.103. The van der Waals surface area contributed by atoms with E-state index in [4.69, 9.17) is 16.3 Å². The molecule has 4 aromatic rings. The van der Waals surface area contributed by atoms with Crippen LogP contribution in [0.2, 0.25) is 5.02 Å². The van der Waals surface area contributed by atoms with Crippen LogP contribution in [-0.4, -0.2) is 20.3 Å². The third-order valence-electron chi connectivity index (χ3n) is 3.55. The first-order valence-corrected chi connectivity index (χ1v) is 8.28. The van der Waals surface area contributed by atoms with Crippen LogP contribution in [0.15, 0.2) is 46.7 Å².